The Morgan fingerprint density at radius 2 is 1.72 bits per heavy atom. The average molecular weight is 380 g/mol. The van der Waals surface area contributed by atoms with Crippen molar-refractivity contribution in [2.24, 2.45) is 17.6 Å². The van der Waals surface area contributed by atoms with Crippen molar-refractivity contribution in [2.75, 3.05) is 48.3 Å². The van der Waals surface area contributed by atoms with Crippen LogP contribution < -0.4 is 5.73 Å². The molecule has 3 unspecified atom stereocenters. The van der Waals surface area contributed by atoms with Crippen molar-refractivity contribution in [3.8, 4) is 0 Å². The van der Waals surface area contributed by atoms with Crippen LogP contribution in [0.5, 0.6) is 0 Å². The van der Waals surface area contributed by atoms with E-state index in [1.54, 1.807) is 28.4 Å². The molecule has 0 saturated heterocycles. The van der Waals surface area contributed by atoms with Crippen LogP contribution in [-0.2, 0) is 22.8 Å². The summed E-state index contributed by atoms with van der Waals surface area (Å²) < 4.78 is 27.0. The third kappa shape index (κ3) is 7.60. The van der Waals surface area contributed by atoms with Crippen molar-refractivity contribution in [1.29, 1.82) is 0 Å². The number of ether oxygens (including phenoxy) is 2. The van der Waals surface area contributed by atoms with E-state index in [-0.39, 0.29) is 5.92 Å². The van der Waals surface area contributed by atoms with Gasteiger partial charge in [0.1, 0.15) is 5.72 Å². The van der Waals surface area contributed by atoms with Crippen LogP contribution in [0.15, 0.2) is 0 Å². The molecule has 1 fully saturated rings. The van der Waals surface area contributed by atoms with Crippen molar-refractivity contribution >= 4 is 8.80 Å². The van der Waals surface area contributed by atoms with Crippen LogP contribution in [0.1, 0.15) is 38.5 Å². The number of hydrogen-bond acceptors (Lipinski definition) is 7. The quantitative estimate of drug-likeness (QED) is 0.286. The van der Waals surface area contributed by atoms with Gasteiger partial charge >= 0.3 is 8.80 Å². The highest BCUT2D eigenvalue weighted by molar-refractivity contribution is 6.60. The van der Waals surface area contributed by atoms with E-state index in [0.717, 1.165) is 38.1 Å². The molecule has 0 heterocycles. The molecule has 0 amide bonds. The molecule has 0 bridgehead atoms. The van der Waals surface area contributed by atoms with Gasteiger partial charge in [0.05, 0.1) is 13.2 Å². The Balaban J connectivity index is 2.42. The number of nitrogens with two attached hydrogens (primary N) is 1. The largest absolute Gasteiger partial charge is 0.500 e. The van der Waals surface area contributed by atoms with E-state index in [0.29, 0.717) is 32.2 Å². The molecular formula is C17H37NO6Si. The normalized spacial score (nSPS) is 27.6. The maximum absolute atomic E-state index is 10.5. The van der Waals surface area contributed by atoms with E-state index < -0.39 is 14.5 Å². The molecule has 1 aliphatic rings. The predicted molar refractivity (Wildman–Crippen MR) is 98.1 cm³/mol. The van der Waals surface area contributed by atoms with Gasteiger partial charge in [-0.3, -0.25) is 0 Å². The van der Waals surface area contributed by atoms with Crippen LogP contribution >= 0.6 is 0 Å². The second kappa shape index (κ2) is 11.6. The summed E-state index contributed by atoms with van der Waals surface area (Å²) >= 11 is 0. The summed E-state index contributed by atoms with van der Waals surface area (Å²) in [5.41, 5.74) is 5.07. The molecule has 3 atom stereocenters. The maximum atomic E-state index is 10.5. The molecule has 8 heteroatoms. The monoisotopic (exact) mass is 379 g/mol. The zero-order chi connectivity index (χ0) is 18.8. The topological polar surface area (TPSA) is 92.4 Å². The summed E-state index contributed by atoms with van der Waals surface area (Å²) in [7, 11) is 4.06. The van der Waals surface area contributed by atoms with Gasteiger partial charge in [-0.2, -0.15) is 0 Å². The van der Waals surface area contributed by atoms with Crippen LogP contribution in [0.4, 0.5) is 0 Å². The minimum atomic E-state index is -2.53. The summed E-state index contributed by atoms with van der Waals surface area (Å²) in [6.45, 7) is 1.89. The first-order chi connectivity index (χ1) is 11.9. The highest BCUT2D eigenvalue weighted by Gasteiger charge is 2.42. The van der Waals surface area contributed by atoms with Crippen molar-refractivity contribution in [3.63, 3.8) is 0 Å². The lowest BCUT2D eigenvalue weighted by atomic mass is 9.73. The van der Waals surface area contributed by atoms with Gasteiger partial charge in [0.25, 0.3) is 0 Å². The second-order valence-electron chi connectivity index (χ2n) is 6.91. The van der Waals surface area contributed by atoms with Crippen molar-refractivity contribution in [3.05, 3.63) is 0 Å². The Bertz CT molecular complexity index is 346. The van der Waals surface area contributed by atoms with Crippen molar-refractivity contribution < 1.29 is 27.9 Å². The molecule has 0 aromatic heterocycles. The molecule has 25 heavy (non-hydrogen) atoms. The van der Waals surface area contributed by atoms with Crippen LogP contribution in [0.25, 0.3) is 0 Å². The van der Waals surface area contributed by atoms with E-state index in [4.69, 9.17) is 28.5 Å². The molecule has 0 spiro atoms. The molecular weight excluding hydrogens is 342 g/mol. The lowest BCUT2D eigenvalue weighted by Gasteiger charge is -2.41. The molecule has 7 nitrogen and oxygen atoms in total. The van der Waals surface area contributed by atoms with Gasteiger partial charge < -0.3 is 33.6 Å². The molecule has 1 saturated carbocycles. The van der Waals surface area contributed by atoms with Gasteiger partial charge in [0.15, 0.2) is 0 Å². The fourth-order valence-corrected chi connectivity index (χ4v) is 5.48. The summed E-state index contributed by atoms with van der Waals surface area (Å²) in [5, 5.41) is 10.5. The lowest BCUT2D eigenvalue weighted by molar-refractivity contribution is -0.0635. The smallest absolute Gasteiger partial charge is 0.382 e. The van der Waals surface area contributed by atoms with Crippen LogP contribution in [0.2, 0.25) is 6.04 Å². The molecule has 3 N–H and O–H groups in total. The summed E-state index contributed by atoms with van der Waals surface area (Å²) in [6.07, 6.45) is 5.22. The molecule has 0 radical (unpaired) electrons. The summed E-state index contributed by atoms with van der Waals surface area (Å²) in [6, 6.07) is 0.789. The molecule has 1 aliphatic carbocycles. The highest BCUT2D eigenvalue weighted by Crippen LogP contribution is 2.39. The maximum Gasteiger partial charge on any atom is 0.500 e. The first-order valence-corrected chi connectivity index (χ1v) is 11.1. The van der Waals surface area contributed by atoms with Gasteiger partial charge in [0.2, 0.25) is 0 Å². The third-order valence-corrected chi connectivity index (χ3v) is 8.11. The van der Waals surface area contributed by atoms with Crippen LogP contribution in [0.3, 0.4) is 0 Å². The van der Waals surface area contributed by atoms with E-state index in [9.17, 15) is 5.11 Å². The second-order valence-corrected chi connectivity index (χ2v) is 10.0. The standard InChI is InChI=1S/C17H37NO6Si/c1-20-11-12-24-10-5-6-16-14-15(7-9-17(16,18)19)8-13-25(21-2,22-3)23-4/h15-16,19H,5-14,18H2,1-4H3. The fourth-order valence-electron chi connectivity index (χ4n) is 3.61. The Labute approximate surface area is 153 Å². The van der Waals surface area contributed by atoms with Gasteiger partial charge in [-0.25, -0.2) is 0 Å². The zero-order valence-electron chi connectivity index (χ0n) is 16.3. The Morgan fingerprint density at radius 1 is 1.04 bits per heavy atom. The SMILES string of the molecule is COCCOCCCC1CC(CC[Si](OC)(OC)OC)CCC1(N)O. The van der Waals surface area contributed by atoms with Crippen molar-refractivity contribution in [1.82, 2.24) is 0 Å². The van der Waals surface area contributed by atoms with Crippen LogP contribution in [0, 0.1) is 11.8 Å². The predicted octanol–water partition coefficient (Wildman–Crippen LogP) is 1.76. The van der Waals surface area contributed by atoms with Gasteiger partial charge in [-0.1, -0.05) is 0 Å². The van der Waals surface area contributed by atoms with E-state index >= 15 is 0 Å². The molecule has 0 aromatic carbocycles. The molecule has 1 rings (SSSR count). The highest BCUT2D eigenvalue weighted by atomic mass is 28.4. The fraction of sp³-hybridized carbons (Fsp3) is 1.00. The molecule has 0 aliphatic heterocycles. The van der Waals surface area contributed by atoms with Crippen LogP contribution in [-0.4, -0.2) is 67.9 Å². The Hall–Kier alpha value is -0.0631. The van der Waals surface area contributed by atoms with Crippen molar-refractivity contribution in [2.45, 2.75) is 50.3 Å². The number of methoxy groups -OCH3 is 1. The van der Waals surface area contributed by atoms with E-state index in [2.05, 4.69) is 0 Å². The first-order valence-electron chi connectivity index (χ1n) is 9.16. The first kappa shape index (κ1) is 23.0. The number of hydrogen-bond donors (Lipinski definition) is 2. The minimum absolute atomic E-state index is 0.0981. The minimum Gasteiger partial charge on any atom is -0.382 e. The molecule has 150 valence electrons. The Kier molecular flexibility index (Phi) is 10.7. The number of rotatable bonds is 13. The molecule has 0 aromatic rings. The number of aliphatic hydroxyl groups is 1. The van der Waals surface area contributed by atoms with Gasteiger partial charge in [0, 0.05) is 47.0 Å². The third-order valence-electron chi connectivity index (χ3n) is 5.34. The zero-order valence-corrected chi connectivity index (χ0v) is 17.3. The van der Waals surface area contributed by atoms with Gasteiger partial charge in [-0.05, 0) is 44.4 Å². The van der Waals surface area contributed by atoms with E-state index in [1.807, 2.05) is 0 Å². The summed E-state index contributed by atoms with van der Waals surface area (Å²) in [4.78, 5) is 0. The Morgan fingerprint density at radius 3 is 2.32 bits per heavy atom. The van der Waals surface area contributed by atoms with E-state index in [1.165, 1.54) is 0 Å². The summed E-state index contributed by atoms with van der Waals surface area (Å²) in [5.74, 6) is 0.608. The van der Waals surface area contributed by atoms with Gasteiger partial charge in [-0.15, -0.1) is 0 Å². The average Bonchev–Trinajstić information content (AvgIpc) is 2.61. The lowest BCUT2D eigenvalue weighted by Crippen LogP contribution is -2.51.